The van der Waals surface area contributed by atoms with Crippen LogP contribution in [0.3, 0.4) is 0 Å². The van der Waals surface area contributed by atoms with E-state index >= 15 is 0 Å². The summed E-state index contributed by atoms with van der Waals surface area (Å²) in [5.74, 6) is 0.212. The number of amides is 1. The van der Waals surface area contributed by atoms with Gasteiger partial charge in [-0.1, -0.05) is 6.42 Å². The molecule has 1 saturated carbocycles. The minimum Gasteiger partial charge on any atom is -0.381 e. The Morgan fingerprint density at radius 3 is 3.06 bits per heavy atom. The molecule has 2 rings (SSSR count). The molecule has 2 fully saturated rings. The summed E-state index contributed by atoms with van der Waals surface area (Å²) >= 11 is 0. The zero-order chi connectivity index (χ0) is 12.3. The first-order valence-electron chi connectivity index (χ1n) is 6.35. The molecule has 1 aliphatic heterocycles. The first-order chi connectivity index (χ1) is 8.22. The Morgan fingerprint density at radius 2 is 2.35 bits per heavy atom. The normalized spacial score (nSPS) is 35.0. The van der Waals surface area contributed by atoms with Crippen molar-refractivity contribution in [3.05, 3.63) is 0 Å². The maximum atomic E-state index is 11.1. The third-order valence-corrected chi connectivity index (χ3v) is 3.94. The summed E-state index contributed by atoms with van der Waals surface area (Å²) in [5.41, 5.74) is 5.30. The number of nitrogens with two attached hydrogens (primary N) is 1. The molecule has 3 unspecified atom stereocenters. The van der Waals surface area contributed by atoms with E-state index in [1.54, 1.807) is 7.11 Å². The first kappa shape index (κ1) is 12.8. The Labute approximate surface area is 102 Å². The highest BCUT2D eigenvalue weighted by Gasteiger charge is 2.38. The minimum absolute atomic E-state index is 0.260. The fraction of sp³-hybridized carbons (Fsp3) is 0.917. The molecule has 0 spiro atoms. The molecule has 2 N–H and O–H groups in total. The number of morpholine rings is 1. The molecule has 1 aliphatic carbocycles. The van der Waals surface area contributed by atoms with E-state index in [1.165, 1.54) is 6.42 Å². The van der Waals surface area contributed by atoms with Gasteiger partial charge in [0, 0.05) is 25.6 Å². The smallest absolute Gasteiger partial charge is 0.231 e. The molecule has 1 heterocycles. The molecule has 0 aromatic carbocycles. The van der Waals surface area contributed by atoms with Gasteiger partial charge in [0.25, 0.3) is 0 Å². The van der Waals surface area contributed by atoms with Crippen molar-refractivity contribution in [2.45, 2.75) is 31.4 Å². The van der Waals surface area contributed by atoms with Crippen LogP contribution in [0.1, 0.15) is 19.3 Å². The van der Waals surface area contributed by atoms with E-state index in [2.05, 4.69) is 4.90 Å². The fourth-order valence-electron chi connectivity index (χ4n) is 3.14. The zero-order valence-corrected chi connectivity index (χ0v) is 10.4. The van der Waals surface area contributed by atoms with Crippen LogP contribution in [0.4, 0.5) is 0 Å². The van der Waals surface area contributed by atoms with E-state index in [1.807, 2.05) is 0 Å². The number of hydrogen-bond acceptors (Lipinski definition) is 4. The van der Waals surface area contributed by atoms with Crippen molar-refractivity contribution < 1.29 is 14.3 Å². The molecule has 5 heteroatoms. The summed E-state index contributed by atoms with van der Waals surface area (Å²) in [6.45, 7) is 2.51. The molecule has 0 aromatic heterocycles. The number of nitrogens with zero attached hydrogens (tertiary/aromatic N) is 1. The monoisotopic (exact) mass is 242 g/mol. The maximum Gasteiger partial charge on any atom is 0.231 e. The van der Waals surface area contributed by atoms with E-state index in [0.717, 1.165) is 19.4 Å². The van der Waals surface area contributed by atoms with E-state index in [-0.39, 0.29) is 11.9 Å². The number of hydrogen-bond donors (Lipinski definition) is 1. The molecule has 5 nitrogen and oxygen atoms in total. The van der Waals surface area contributed by atoms with Crippen LogP contribution in [0.2, 0.25) is 0 Å². The number of carbonyl (C=O) groups is 1. The van der Waals surface area contributed by atoms with E-state index in [4.69, 9.17) is 15.2 Å². The lowest BCUT2D eigenvalue weighted by molar-refractivity contribution is -0.123. The Morgan fingerprint density at radius 1 is 1.53 bits per heavy atom. The van der Waals surface area contributed by atoms with Crippen LogP contribution in [-0.2, 0) is 14.3 Å². The fourth-order valence-corrected chi connectivity index (χ4v) is 3.14. The third kappa shape index (κ3) is 2.97. The Hall–Kier alpha value is -0.650. The lowest BCUT2D eigenvalue weighted by Gasteiger charge is -2.40. The maximum absolute atomic E-state index is 11.1. The van der Waals surface area contributed by atoms with Crippen LogP contribution >= 0.6 is 0 Å². The highest BCUT2D eigenvalue weighted by Crippen LogP contribution is 2.33. The van der Waals surface area contributed by atoms with Gasteiger partial charge in [-0.25, -0.2) is 0 Å². The van der Waals surface area contributed by atoms with Gasteiger partial charge in [-0.3, -0.25) is 9.69 Å². The van der Waals surface area contributed by atoms with Crippen LogP contribution in [0.25, 0.3) is 0 Å². The second-order valence-electron chi connectivity index (χ2n) is 4.95. The SMILES string of the molecule is COC1CCCC1C1COCCN1CC(N)=O. The average molecular weight is 242 g/mol. The summed E-state index contributed by atoms with van der Waals surface area (Å²) < 4.78 is 11.1. The van der Waals surface area contributed by atoms with Crippen molar-refractivity contribution in [3.8, 4) is 0 Å². The number of carbonyl (C=O) groups excluding carboxylic acids is 1. The summed E-state index contributed by atoms with van der Waals surface area (Å²) in [6.07, 6.45) is 3.77. The number of rotatable bonds is 4. The molecule has 1 amide bonds. The van der Waals surface area contributed by atoms with Crippen molar-refractivity contribution in [1.29, 1.82) is 0 Å². The largest absolute Gasteiger partial charge is 0.381 e. The van der Waals surface area contributed by atoms with Crippen LogP contribution in [0.5, 0.6) is 0 Å². The van der Waals surface area contributed by atoms with Crippen molar-refractivity contribution in [1.82, 2.24) is 4.90 Å². The summed E-state index contributed by atoms with van der Waals surface area (Å²) in [5, 5.41) is 0. The van der Waals surface area contributed by atoms with Gasteiger partial charge in [0.1, 0.15) is 0 Å². The standard InChI is InChI=1S/C12H22N2O3/c1-16-11-4-2-3-9(11)10-8-17-6-5-14(10)7-12(13)15/h9-11H,2-8H2,1H3,(H2,13,15). The molecular formula is C12H22N2O3. The number of methoxy groups -OCH3 is 1. The number of ether oxygens (including phenoxy) is 2. The van der Waals surface area contributed by atoms with E-state index < -0.39 is 0 Å². The summed E-state index contributed by atoms with van der Waals surface area (Å²) in [4.78, 5) is 13.2. The van der Waals surface area contributed by atoms with Crippen LogP contribution < -0.4 is 5.73 Å². The molecule has 17 heavy (non-hydrogen) atoms. The average Bonchev–Trinajstić information content (AvgIpc) is 2.77. The predicted octanol–water partition coefficient (Wildman–Crippen LogP) is -0.0124. The highest BCUT2D eigenvalue weighted by atomic mass is 16.5. The van der Waals surface area contributed by atoms with Crippen molar-refractivity contribution >= 4 is 5.91 Å². The minimum atomic E-state index is -0.260. The second kappa shape index (κ2) is 5.80. The van der Waals surface area contributed by atoms with E-state index in [9.17, 15) is 4.79 Å². The van der Waals surface area contributed by atoms with Crippen molar-refractivity contribution in [2.75, 3.05) is 33.4 Å². The molecule has 0 bridgehead atoms. The van der Waals surface area contributed by atoms with Gasteiger partial charge in [-0.05, 0) is 12.8 Å². The van der Waals surface area contributed by atoms with Gasteiger partial charge in [0.15, 0.2) is 0 Å². The summed E-state index contributed by atoms with van der Waals surface area (Å²) in [6, 6.07) is 0.281. The second-order valence-corrected chi connectivity index (χ2v) is 4.95. The van der Waals surface area contributed by atoms with Gasteiger partial charge in [-0.15, -0.1) is 0 Å². The first-order valence-corrected chi connectivity index (χ1v) is 6.35. The quantitative estimate of drug-likeness (QED) is 0.753. The Balaban J connectivity index is 2.02. The topological polar surface area (TPSA) is 64.8 Å². The van der Waals surface area contributed by atoms with Crippen molar-refractivity contribution in [2.24, 2.45) is 11.7 Å². The van der Waals surface area contributed by atoms with Crippen LogP contribution in [-0.4, -0.2) is 56.4 Å². The van der Waals surface area contributed by atoms with E-state index in [0.29, 0.717) is 31.8 Å². The molecule has 3 atom stereocenters. The number of primary amides is 1. The predicted molar refractivity (Wildman–Crippen MR) is 63.5 cm³/mol. The van der Waals surface area contributed by atoms with Crippen molar-refractivity contribution in [3.63, 3.8) is 0 Å². The zero-order valence-electron chi connectivity index (χ0n) is 10.4. The molecule has 2 aliphatic rings. The van der Waals surface area contributed by atoms with Gasteiger partial charge >= 0.3 is 0 Å². The Bertz CT molecular complexity index is 272. The van der Waals surface area contributed by atoms with Crippen LogP contribution in [0.15, 0.2) is 0 Å². The van der Waals surface area contributed by atoms with Crippen LogP contribution in [0, 0.1) is 5.92 Å². The molecular weight excluding hydrogens is 220 g/mol. The lowest BCUT2D eigenvalue weighted by atomic mass is 9.94. The molecule has 0 radical (unpaired) electrons. The molecule has 0 aromatic rings. The van der Waals surface area contributed by atoms with Gasteiger partial charge < -0.3 is 15.2 Å². The van der Waals surface area contributed by atoms with Gasteiger partial charge in [0.05, 0.1) is 25.9 Å². The lowest BCUT2D eigenvalue weighted by Crippen LogP contribution is -2.53. The van der Waals surface area contributed by atoms with Gasteiger partial charge in [-0.2, -0.15) is 0 Å². The Kier molecular flexibility index (Phi) is 4.36. The highest BCUT2D eigenvalue weighted by molar-refractivity contribution is 5.76. The third-order valence-electron chi connectivity index (χ3n) is 3.94. The summed E-state index contributed by atoms with van der Waals surface area (Å²) in [7, 11) is 1.77. The van der Waals surface area contributed by atoms with Gasteiger partial charge in [0.2, 0.25) is 5.91 Å². The molecule has 98 valence electrons. The molecule has 1 saturated heterocycles.